The summed E-state index contributed by atoms with van der Waals surface area (Å²) in [4.78, 5) is 51.4. The molecule has 1 saturated carbocycles. The van der Waals surface area contributed by atoms with Crippen LogP contribution in [-0.2, 0) is 37.5 Å². The third-order valence-corrected chi connectivity index (χ3v) is 14.5. The van der Waals surface area contributed by atoms with E-state index in [4.69, 9.17) is 18.9 Å². The van der Waals surface area contributed by atoms with E-state index in [2.05, 4.69) is 22.1 Å². The van der Waals surface area contributed by atoms with Crippen LogP contribution < -0.4 is 19.5 Å². The molecule has 2 saturated heterocycles. The first kappa shape index (κ1) is 44.2. The number of esters is 1. The number of hydrogen-bond donors (Lipinski definition) is 3. The van der Waals surface area contributed by atoms with Gasteiger partial charge in [0.15, 0.2) is 11.5 Å². The molecular formula is C55H55N3O9. The molecule has 1 aliphatic carbocycles. The summed E-state index contributed by atoms with van der Waals surface area (Å²) in [5, 5.41) is 24.9. The van der Waals surface area contributed by atoms with Crippen molar-refractivity contribution in [2.75, 3.05) is 39.3 Å². The number of nitrogens with one attached hydrogen (secondary N) is 1. The summed E-state index contributed by atoms with van der Waals surface area (Å²) in [7, 11) is 3.16. The summed E-state index contributed by atoms with van der Waals surface area (Å²) in [5.74, 6) is 5.20. The molecule has 6 unspecified atom stereocenters. The van der Waals surface area contributed by atoms with Crippen LogP contribution in [0, 0.1) is 17.8 Å². The Morgan fingerprint density at radius 1 is 0.806 bits per heavy atom. The maximum absolute atomic E-state index is 16.3. The minimum Gasteiger partial charge on any atom is -0.493 e. The first-order chi connectivity index (χ1) is 32.7. The highest BCUT2D eigenvalue weighted by molar-refractivity contribution is 6.12. The number of methoxy groups -OCH3 is 2. The molecule has 3 fully saturated rings. The van der Waals surface area contributed by atoms with E-state index in [1.165, 1.54) is 0 Å². The predicted molar refractivity (Wildman–Crippen MR) is 250 cm³/mol. The lowest BCUT2D eigenvalue weighted by molar-refractivity contribution is -0.179. The highest BCUT2D eigenvalue weighted by Crippen LogP contribution is 2.66. The number of aliphatic hydroxyl groups excluding tert-OH is 1. The van der Waals surface area contributed by atoms with Gasteiger partial charge in [0.25, 0.3) is 0 Å². The van der Waals surface area contributed by atoms with Crippen molar-refractivity contribution in [2.45, 2.75) is 86.7 Å². The Hall–Kier alpha value is -6.65. The first-order valence-corrected chi connectivity index (χ1v) is 23.3. The lowest BCUT2D eigenvalue weighted by Gasteiger charge is -2.46. The van der Waals surface area contributed by atoms with E-state index >= 15 is 14.4 Å². The quantitative estimate of drug-likeness (QED) is 0.0779. The first-order valence-electron chi connectivity index (χ1n) is 23.3. The second-order valence-corrected chi connectivity index (χ2v) is 18.3. The molecule has 10 rings (SSSR count). The Labute approximate surface area is 390 Å². The molecule has 0 radical (unpaired) electrons. The number of fused-ring (bicyclic) bond motifs is 4. The molecule has 1 spiro atoms. The smallest absolute Gasteiger partial charge is 0.324 e. The van der Waals surface area contributed by atoms with Gasteiger partial charge in [-0.15, -0.1) is 0 Å². The largest absolute Gasteiger partial charge is 0.493 e. The minimum atomic E-state index is -1.79. The molecule has 0 bridgehead atoms. The molecule has 6 atom stereocenters. The lowest BCUT2D eigenvalue weighted by Crippen LogP contribution is -2.56. The highest BCUT2D eigenvalue weighted by atomic mass is 16.6. The number of nitrogens with zero attached hydrogens (tertiary/aromatic N) is 2. The number of aliphatic hydroxyl groups is 2. The summed E-state index contributed by atoms with van der Waals surface area (Å²) in [5.41, 5.74) is 2.61. The van der Waals surface area contributed by atoms with Crippen LogP contribution >= 0.6 is 0 Å². The van der Waals surface area contributed by atoms with Crippen LogP contribution in [0.4, 0.5) is 5.69 Å². The average molecular weight is 902 g/mol. The van der Waals surface area contributed by atoms with Gasteiger partial charge < -0.3 is 39.4 Å². The lowest BCUT2D eigenvalue weighted by atomic mass is 9.64. The zero-order valence-corrected chi connectivity index (χ0v) is 37.8. The third-order valence-electron chi connectivity index (χ3n) is 14.5. The number of amides is 2. The molecule has 5 aromatic rings. The van der Waals surface area contributed by atoms with Gasteiger partial charge in [0.2, 0.25) is 11.8 Å². The number of carbonyl (C=O) groups excluding carboxylic acids is 3. The Morgan fingerprint density at radius 3 is 2.18 bits per heavy atom. The van der Waals surface area contributed by atoms with Gasteiger partial charge in [-0.1, -0.05) is 104 Å². The normalized spacial score (nSPS) is 25.1. The van der Waals surface area contributed by atoms with E-state index in [9.17, 15) is 10.2 Å². The van der Waals surface area contributed by atoms with Gasteiger partial charge in [-0.25, -0.2) is 0 Å². The number of carbonyl (C=O) groups is 3. The Kier molecular flexibility index (Phi) is 12.0. The van der Waals surface area contributed by atoms with Crippen LogP contribution in [0.15, 0.2) is 115 Å². The highest BCUT2D eigenvalue weighted by Gasteiger charge is 2.74. The number of ether oxygens (including phenoxy) is 4. The van der Waals surface area contributed by atoms with Gasteiger partial charge in [-0.2, -0.15) is 0 Å². The number of rotatable bonds is 9. The SMILES string of the molecule is COc1cc2c(cc1OC)CN(C(=O)C1C3C(=O)OC(c4ccccc4)C(c4ccccc4)N3C(c3ccccc3OCCO)C13C(=O)Nc1ccc(C#CC4(O)CCCCCC4)cc13)CC2. The standard InChI is InChI=1S/C55H55N3O9/c1-64-44-32-38-24-28-57(34-39(38)33-45(44)65-2)51(60)46-48-52(61)67-49(37-17-9-6-10-18-37)47(36-15-7-5-8-16-36)58(48)50(40-19-11-12-20-43(40)66-30-29-59)55(46)41-31-35(21-22-42(41)56-53(55)62)23-27-54(63)25-13-3-4-14-26-54/h5-12,15-22,31-33,46-50,59,63H,3-4,13-14,24-26,28-30,34H2,1-2H3,(H,56,62). The van der Waals surface area contributed by atoms with Crippen LogP contribution in [0.3, 0.4) is 0 Å². The molecule has 67 heavy (non-hydrogen) atoms. The summed E-state index contributed by atoms with van der Waals surface area (Å²) in [6.07, 6.45) is 4.61. The molecule has 5 aromatic carbocycles. The molecule has 344 valence electrons. The van der Waals surface area contributed by atoms with Crippen molar-refractivity contribution in [2.24, 2.45) is 5.92 Å². The monoisotopic (exact) mass is 901 g/mol. The topological polar surface area (TPSA) is 147 Å². The van der Waals surface area contributed by atoms with Gasteiger partial charge in [0.1, 0.15) is 35.5 Å². The maximum Gasteiger partial charge on any atom is 0.324 e. The van der Waals surface area contributed by atoms with E-state index in [-0.39, 0.29) is 25.7 Å². The zero-order valence-electron chi connectivity index (χ0n) is 37.8. The summed E-state index contributed by atoms with van der Waals surface area (Å²) in [6, 6.07) is 33.0. The molecule has 3 N–H and O–H groups in total. The van der Waals surface area contributed by atoms with Crippen LogP contribution in [0.2, 0.25) is 0 Å². The summed E-state index contributed by atoms with van der Waals surface area (Å²) >= 11 is 0. The average Bonchev–Trinajstić information content (AvgIpc) is 3.72. The van der Waals surface area contributed by atoms with Gasteiger partial charge in [0, 0.05) is 29.9 Å². The van der Waals surface area contributed by atoms with Crippen LogP contribution in [0.5, 0.6) is 17.2 Å². The fourth-order valence-electron chi connectivity index (χ4n) is 11.5. The van der Waals surface area contributed by atoms with Crippen LogP contribution in [-0.4, -0.2) is 83.4 Å². The van der Waals surface area contributed by atoms with E-state index in [1.54, 1.807) is 25.2 Å². The maximum atomic E-state index is 16.3. The van der Waals surface area contributed by atoms with Gasteiger partial charge in [-0.3, -0.25) is 19.3 Å². The second kappa shape index (κ2) is 18.2. The molecular weight excluding hydrogens is 847 g/mol. The van der Waals surface area contributed by atoms with Crippen molar-refractivity contribution in [1.82, 2.24) is 9.80 Å². The number of morpholine rings is 1. The van der Waals surface area contributed by atoms with Gasteiger partial charge in [0.05, 0.1) is 38.8 Å². The van der Waals surface area contributed by atoms with Crippen LogP contribution in [0.1, 0.15) is 95.7 Å². The second-order valence-electron chi connectivity index (χ2n) is 18.3. The number of benzene rings is 5. The van der Waals surface area contributed by atoms with Crippen molar-refractivity contribution in [1.29, 1.82) is 0 Å². The third kappa shape index (κ3) is 7.69. The molecule has 0 aromatic heterocycles. The number of cyclic esters (lactones) is 1. The Bertz CT molecular complexity index is 2740. The van der Waals surface area contributed by atoms with Crippen LogP contribution in [0.25, 0.3) is 0 Å². The van der Waals surface area contributed by atoms with Crippen molar-refractivity contribution in [3.63, 3.8) is 0 Å². The van der Waals surface area contributed by atoms with E-state index in [0.29, 0.717) is 65.4 Å². The summed E-state index contributed by atoms with van der Waals surface area (Å²) < 4.78 is 24.3. The molecule has 4 aliphatic heterocycles. The van der Waals surface area contributed by atoms with Crippen molar-refractivity contribution >= 4 is 23.5 Å². The predicted octanol–water partition coefficient (Wildman–Crippen LogP) is 7.37. The molecule has 5 aliphatic rings. The van der Waals surface area contributed by atoms with Crippen molar-refractivity contribution in [3.05, 3.63) is 154 Å². The van der Waals surface area contributed by atoms with E-state index in [1.807, 2.05) is 109 Å². The molecule has 12 heteroatoms. The zero-order chi connectivity index (χ0) is 46.3. The Morgan fingerprint density at radius 2 is 1.48 bits per heavy atom. The fourth-order valence-corrected chi connectivity index (χ4v) is 11.5. The molecule has 12 nitrogen and oxygen atoms in total. The van der Waals surface area contributed by atoms with Crippen molar-refractivity contribution < 1.29 is 43.5 Å². The minimum absolute atomic E-state index is 0.0355. The number of hydrogen-bond acceptors (Lipinski definition) is 10. The fraction of sp³-hybridized carbons (Fsp3) is 0.364. The van der Waals surface area contributed by atoms with E-state index < -0.39 is 53.0 Å². The van der Waals surface area contributed by atoms with E-state index in [0.717, 1.165) is 47.9 Å². The number of para-hydroxylation sites is 1. The molecule has 4 heterocycles. The van der Waals surface area contributed by atoms with Crippen molar-refractivity contribution in [3.8, 4) is 29.1 Å². The number of anilines is 1. The molecule has 2 amide bonds. The van der Waals surface area contributed by atoms with Gasteiger partial charge >= 0.3 is 5.97 Å². The van der Waals surface area contributed by atoms with Gasteiger partial charge in [-0.05, 0) is 96.3 Å². The Balaban J connectivity index is 1.23. The summed E-state index contributed by atoms with van der Waals surface area (Å²) in [6.45, 7) is 0.199.